The molecule has 1 aliphatic rings. The summed E-state index contributed by atoms with van der Waals surface area (Å²) in [6, 6.07) is 4.87. The fourth-order valence-electron chi connectivity index (χ4n) is 3.28. The van der Waals surface area contributed by atoms with Gasteiger partial charge in [0.05, 0.1) is 19.3 Å². The van der Waals surface area contributed by atoms with Crippen molar-refractivity contribution in [2.75, 3.05) is 32.8 Å². The van der Waals surface area contributed by atoms with Gasteiger partial charge in [-0.3, -0.25) is 0 Å². The fourth-order valence-corrected chi connectivity index (χ4v) is 3.47. The van der Waals surface area contributed by atoms with E-state index in [2.05, 4.69) is 25.3 Å². The molecule has 0 spiro atoms. The average Bonchev–Trinajstić information content (AvgIpc) is 2.69. The number of nitrogens with zero attached hydrogens (tertiary/aromatic N) is 2. The van der Waals surface area contributed by atoms with Crippen LogP contribution in [-0.2, 0) is 11.3 Å². The molecule has 1 aromatic carbocycles. The number of hydrogen-bond donors (Lipinski definition) is 2. The van der Waals surface area contributed by atoms with Crippen molar-refractivity contribution in [3.8, 4) is 5.75 Å². The first-order valence-electron chi connectivity index (χ1n) is 10.5. The van der Waals surface area contributed by atoms with Gasteiger partial charge in [0.15, 0.2) is 5.96 Å². The van der Waals surface area contributed by atoms with Crippen LogP contribution in [0.15, 0.2) is 23.2 Å². The Morgan fingerprint density at radius 3 is 2.61 bits per heavy atom. The number of rotatable bonds is 10. The molecule has 6 nitrogen and oxygen atoms in total. The summed E-state index contributed by atoms with van der Waals surface area (Å²) in [5.41, 5.74) is 0.514. The maximum Gasteiger partial charge on any atom is 0.387 e. The number of piperidine rings is 1. The third-order valence-corrected chi connectivity index (χ3v) is 5.01. The molecule has 0 unspecified atom stereocenters. The molecule has 31 heavy (non-hydrogen) atoms. The fraction of sp³-hybridized carbons (Fsp3) is 0.667. The van der Waals surface area contributed by atoms with Crippen molar-refractivity contribution in [3.63, 3.8) is 0 Å². The topological polar surface area (TPSA) is 58.1 Å². The molecule has 0 radical (unpaired) electrons. The van der Waals surface area contributed by atoms with Crippen LogP contribution in [0.2, 0.25) is 5.02 Å². The van der Waals surface area contributed by atoms with Gasteiger partial charge in [0.1, 0.15) is 5.75 Å². The van der Waals surface area contributed by atoms with E-state index in [1.54, 1.807) is 6.07 Å². The molecule has 0 saturated carbocycles. The lowest BCUT2D eigenvalue weighted by Gasteiger charge is -2.33. The summed E-state index contributed by atoms with van der Waals surface area (Å²) >= 11 is 6.02. The average molecular weight is 575 g/mol. The largest absolute Gasteiger partial charge is 0.434 e. The molecule has 178 valence electrons. The zero-order valence-corrected chi connectivity index (χ0v) is 21.5. The summed E-state index contributed by atoms with van der Waals surface area (Å²) in [6.45, 7) is 7.77. The third-order valence-electron chi connectivity index (χ3n) is 4.78. The van der Waals surface area contributed by atoms with Crippen LogP contribution < -0.4 is 15.4 Å². The van der Waals surface area contributed by atoms with Gasteiger partial charge in [-0.15, -0.1) is 24.0 Å². The van der Waals surface area contributed by atoms with Gasteiger partial charge < -0.3 is 25.0 Å². The molecule has 0 aromatic heterocycles. The summed E-state index contributed by atoms with van der Waals surface area (Å²) in [5, 5.41) is 7.12. The first-order chi connectivity index (χ1) is 14.4. The monoisotopic (exact) mass is 574 g/mol. The molecule has 0 atom stereocenters. The number of ether oxygens (including phenoxy) is 2. The lowest BCUT2D eigenvalue weighted by atomic mass is 10.1. The Morgan fingerprint density at radius 1 is 1.29 bits per heavy atom. The first-order valence-corrected chi connectivity index (χ1v) is 10.9. The summed E-state index contributed by atoms with van der Waals surface area (Å²) in [4.78, 5) is 6.96. The van der Waals surface area contributed by atoms with Gasteiger partial charge in [-0.1, -0.05) is 11.6 Å². The second kappa shape index (κ2) is 15.0. The Morgan fingerprint density at radius 2 is 2.00 bits per heavy atom. The smallest absolute Gasteiger partial charge is 0.387 e. The van der Waals surface area contributed by atoms with Crippen LogP contribution in [0, 0.1) is 0 Å². The summed E-state index contributed by atoms with van der Waals surface area (Å²) in [7, 11) is 0. The van der Waals surface area contributed by atoms with Crippen LogP contribution >= 0.6 is 35.6 Å². The lowest BCUT2D eigenvalue weighted by Crippen LogP contribution is -2.49. The molecular weight excluding hydrogens is 541 g/mol. The van der Waals surface area contributed by atoms with Crippen LogP contribution in [-0.4, -0.2) is 62.4 Å². The number of likely N-dealkylation sites (tertiary alicyclic amines) is 1. The molecule has 0 aliphatic carbocycles. The van der Waals surface area contributed by atoms with E-state index in [0.29, 0.717) is 29.1 Å². The van der Waals surface area contributed by atoms with E-state index in [-0.39, 0.29) is 42.4 Å². The van der Waals surface area contributed by atoms with Crippen molar-refractivity contribution in [1.82, 2.24) is 15.5 Å². The molecule has 1 saturated heterocycles. The van der Waals surface area contributed by atoms with Gasteiger partial charge >= 0.3 is 6.61 Å². The minimum absolute atomic E-state index is 0. The van der Waals surface area contributed by atoms with Crippen LogP contribution in [0.4, 0.5) is 8.78 Å². The van der Waals surface area contributed by atoms with Gasteiger partial charge in [-0.25, -0.2) is 4.99 Å². The number of alkyl halides is 2. The van der Waals surface area contributed by atoms with E-state index in [9.17, 15) is 8.78 Å². The van der Waals surface area contributed by atoms with Crippen LogP contribution in [0.1, 0.15) is 39.2 Å². The van der Waals surface area contributed by atoms with Gasteiger partial charge in [0.25, 0.3) is 0 Å². The highest BCUT2D eigenvalue weighted by atomic mass is 127. The number of halogens is 4. The number of guanidine groups is 1. The number of nitrogens with one attached hydrogen (secondary N) is 2. The highest BCUT2D eigenvalue weighted by molar-refractivity contribution is 14.0. The minimum atomic E-state index is -2.89. The molecule has 10 heteroatoms. The highest BCUT2D eigenvalue weighted by Crippen LogP contribution is 2.25. The summed E-state index contributed by atoms with van der Waals surface area (Å²) in [6.07, 6.45) is 2.26. The number of benzene rings is 1. The minimum Gasteiger partial charge on any atom is -0.434 e. The molecule has 1 aromatic rings. The van der Waals surface area contributed by atoms with Crippen LogP contribution in [0.3, 0.4) is 0 Å². The van der Waals surface area contributed by atoms with Gasteiger partial charge in [0.2, 0.25) is 0 Å². The van der Waals surface area contributed by atoms with Crippen molar-refractivity contribution >= 4 is 41.5 Å². The van der Waals surface area contributed by atoms with E-state index in [1.807, 2.05) is 20.8 Å². The van der Waals surface area contributed by atoms with Gasteiger partial charge in [-0.05, 0) is 51.8 Å². The second-order valence-electron chi connectivity index (χ2n) is 7.51. The Kier molecular flexibility index (Phi) is 13.6. The summed E-state index contributed by atoms with van der Waals surface area (Å²) < 4.78 is 35.5. The molecule has 0 amide bonds. The van der Waals surface area contributed by atoms with Crippen molar-refractivity contribution in [2.24, 2.45) is 4.99 Å². The van der Waals surface area contributed by atoms with E-state index in [0.717, 1.165) is 39.1 Å². The Balaban J connectivity index is 0.00000480. The van der Waals surface area contributed by atoms with Crippen molar-refractivity contribution < 1.29 is 18.3 Å². The molecule has 2 rings (SSSR count). The van der Waals surface area contributed by atoms with E-state index >= 15 is 0 Å². The Bertz CT molecular complexity index is 675. The standard InChI is InChI=1S/C21H33ClF2N4O2.HI/c1-4-25-21(26-14-16-13-17(22)5-6-19(16)30-20(23)24)27-18-7-9-28(10-8-18)11-12-29-15(2)3;/h5-6,13,15,18,20H,4,7-12,14H2,1-3H3,(H2,25,26,27);1H. The normalized spacial score (nSPS) is 15.8. The first kappa shape index (κ1) is 28.1. The van der Waals surface area contributed by atoms with Crippen LogP contribution in [0.5, 0.6) is 5.75 Å². The van der Waals surface area contributed by atoms with E-state index in [1.165, 1.54) is 12.1 Å². The predicted octanol–water partition coefficient (Wildman–Crippen LogP) is 4.50. The van der Waals surface area contributed by atoms with E-state index in [4.69, 9.17) is 16.3 Å². The van der Waals surface area contributed by atoms with Crippen LogP contribution in [0.25, 0.3) is 0 Å². The molecule has 2 N–H and O–H groups in total. The van der Waals surface area contributed by atoms with Gasteiger partial charge in [-0.2, -0.15) is 8.78 Å². The number of hydrogen-bond acceptors (Lipinski definition) is 4. The maximum atomic E-state index is 12.7. The van der Waals surface area contributed by atoms with E-state index < -0.39 is 6.61 Å². The maximum absolute atomic E-state index is 12.7. The van der Waals surface area contributed by atoms with Crippen molar-refractivity contribution in [1.29, 1.82) is 0 Å². The third kappa shape index (κ3) is 11.0. The summed E-state index contributed by atoms with van der Waals surface area (Å²) in [5.74, 6) is 0.744. The molecule has 0 bridgehead atoms. The Labute approximate surface area is 206 Å². The lowest BCUT2D eigenvalue weighted by molar-refractivity contribution is -0.0504. The van der Waals surface area contributed by atoms with Gasteiger partial charge in [0, 0.05) is 42.8 Å². The van der Waals surface area contributed by atoms with Crippen molar-refractivity contribution in [3.05, 3.63) is 28.8 Å². The second-order valence-corrected chi connectivity index (χ2v) is 7.94. The van der Waals surface area contributed by atoms with Crippen molar-refractivity contribution in [2.45, 2.75) is 58.9 Å². The molecule has 1 fully saturated rings. The quantitative estimate of drug-likeness (QED) is 0.245. The molecular formula is C21H34ClF2IN4O2. The SMILES string of the molecule is CCNC(=NCc1cc(Cl)ccc1OC(F)F)NC1CCN(CCOC(C)C)CC1.I. The predicted molar refractivity (Wildman–Crippen MR) is 132 cm³/mol. The number of aliphatic imine (C=N–C) groups is 1. The Hall–Kier alpha value is -0.910. The zero-order chi connectivity index (χ0) is 21.9. The zero-order valence-electron chi connectivity index (χ0n) is 18.4. The molecule has 1 aliphatic heterocycles. The highest BCUT2D eigenvalue weighted by Gasteiger charge is 2.20. The molecule has 1 heterocycles.